The lowest BCUT2D eigenvalue weighted by Gasteiger charge is -2.21. The number of nitrogens with one attached hydrogen (secondary N) is 1. The van der Waals surface area contributed by atoms with Gasteiger partial charge in [0, 0.05) is 26.7 Å². The maximum absolute atomic E-state index is 4.58. The van der Waals surface area contributed by atoms with Crippen molar-refractivity contribution >= 4 is 5.96 Å². The second kappa shape index (κ2) is 11.2. The summed E-state index contributed by atoms with van der Waals surface area (Å²) in [5.74, 6) is 1.00. The fourth-order valence-corrected chi connectivity index (χ4v) is 1.46. The van der Waals surface area contributed by atoms with Gasteiger partial charge in [-0.3, -0.25) is 4.99 Å². The van der Waals surface area contributed by atoms with Crippen molar-refractivity contribution in [2.75, 3.05) is 26.7 Å². The van der Waals surface area contributed by atoms with Crippen LogP contribution in [0.1, 0.15) is 33.1 Å². The normalized spacial score (nSPS) is 11.8. The third-order valence-corrected chi connectivity index (χ3v) is 2.39. The molecule has 0 aromatic rings. The van der Waals surface area contributed by atoms with E-state index in [9.17, 15) is 0 Å². The van der Waals surface area contributed by atoms with Crippen molar-refractivity contribution in [2.24, 2.45) is 4.99 Å². The van der Waals surface area contributed by atoms with Gasteiger partial charge >= 0.3 is 0 Å². The van der Waals surface area contributed by atoms with Gasteiger partial charge in [-0.15, -0.1) is 6.58 Å². The second-order valence-electron chi connectivity index (χ2n) is 3.95. The number of allylic oxidation sites excluding steroid dienone is 2. The number of rotatable bonds is 8. The van der Waals surface area contributed by atoms with Crippen molar-refractivity contribution in [3.63, 3.8) is 0 Å². The molecule has 0 atom stereocenters. The third-order valence-electron chi connectivity index (χ3n) is 2.39. The Labute approximate surface area is 106 Å². The van der Waals surface area contributed by atoms with Crippen LogP contribution in [0.25, 0.3) is 0 Å². The molecule has 3 heteroatoms. The van der Waals surface area contributed by atoms with Gasteiger partial charge < -0.3 is 10.2 Å². The second-order valence-corrected chi connectivity index (χ2v) is 3.95. The van der Waals surface area contributed by atoms with Gasteiger partial charge in [-0.1, -0.05) is 18.2 Å². The molecular formula is C14H27N3. The molecule has 0 aliphatic carbocycles. The summed E-state index contributed by atoms with van der Waals surface area (Å²) < 4.78 is 0. The Bertz CT molecular complexity index is 244. The molecule has 17 heavy (non-hydrogen) atoms. The Hall–Kier alpha value is -1.25. The minimum absolute atomic E-state index is 0.846. The Morgan fingerprint density at radius 1 is 1.41 bits per heavy atom. The molecule has 0 rings (SSSR count). The Kier molecular flexibility index (Phi) is 10.4. The lowest BCUT2D eigenvalue weighted by Crippen LogP contribution is -2.39. The Morgan fingerprint density at radius 2 is 2.18 bits per heavy atom. The van der Waals surface area contributed by atoms with E-state index in [0.29, 0.717) is 0 Å². The molecule has 0 aliphatic heterocycles. The predicted molar refractivity (Wildman–Crippen MR) is 77.5 cm³/mol. The molecule has 0 fully saturated rings. The maximum Gasteiger partial charge on any atom is 0.193 e. The van der Waals surface area contributed by atoms with Crippen LogP contribution in [0, 0.1) is 0 Å². The predicted octanol–water partition coefficient (Wildman–Crippen LogP) is 2.82. The van der Waals surface area contributed by atoms with Crippen LogP contribution in [-0.4, -0.2) is 37.5 Å². The highest BCUT2D eigenvalue weighted by Gasteiger charge is 2.03. The first-order valence-corrected chi connectivity index (χ1v) is 6.47. The van der Waals surface area contributed by atoms with Crippen LogP contribution in [0.2, 0.25) is 0 Å². The molecule has 0 aromatic carbocycles. The Balaban J connectivity index is 4.12. The summed E-state index contributed by atoms with van der Waals surface area (Å²) in [7, 11) is 2.08. The molecule has 0 spiro atoms. The van der Waals surface area contributed by atoms with Gasteiger partial charge in [-0.25, -0.2) is 0 Å². The summed E-state index contributed by atoms with van der Waals surface area (Å²) in [6.07, 6.45) is 9.36. The SMILES string of the molecule is C=CCCCN(C)C(=NCC/C=C/C)NCC. The number of guanidine groups is 1. The van der Waals surface area contributed by atoms with E-state index in [-0.39, 0.29) is 0 Å². The van der Waals surface area contributed by atoms with E-state index < -0.39 is 0 Å². The lowest BCUT2D eigenvalue weighted by atomic mass is 10.3. The van der Waals surface area contributed by atoms with Crippen LogP contribution >= 0.6 is 0 Å². The van der Waals surface area contributed by atoms with Crippen LogP contribution in [-0.2, 0) is 0 Å². The molecule has 0 amide bonds. The van der Waals surface area contributed by atoms with Crippen LogP contribution in [0.5, 0.6) is 0 Å². The molecule has 0 aliphatic rings. The van der Waals surface area contributed by atoms with Gasteiger partial charge in [-0.2, -0.15) is 0 Å². The summed E-state index contributed by atoms with van der Waals surface area (Å²) in [5.41, 5.74) is 0. The first-order valence-electron chi connectivity index (χ1n) is 6.47. The largest absolute Gasteiger partial charge is 0.357 e. The monoisotopic (exact) mass is 237 g/mol. The van der Waals surface area contributed by atoms with Gasteiger partial charge in [0.25, 0.3) is 0 Å². The van der Waals surface area contributed by atoms with Gasteiger partial charge in [0.05, 0.1) is 0 Å². The standard InChI is InChI=1S/C14H27N3/c1-5-8-10-12-16-14(15-7-3)17(4)13-11-9-6-2/h5-6,8H,2,7,9-13H2,1,3-4H3,(H,15,16)/b8-5+. The van der Waals surface area contributed by atoms with Crippen molar-refractivity contribution < 1.29 is 0 Å². The van der Waals surface area contributed by atoms with Gasteiger partial charge in [-0.05, 0) is 33.1 Å². The molecule has 0 aromatic heterocycles. The van der Waals surface area contributed by atoms with E-state index in [2.05, 4.69) is 47.9 Å². The lowest BCUT2D eigenvalue weighted by molar-refractivity contribution is 0.470. The average Bonchev–Trinajstić information content (AvgIpc) is 2.33. The summed E-state index contributed by atoms with van der Waals surface area (Å²) in [6.45, 7) is 10.6. The van der Waals surface area contributed by atoms with Crippen LogP contribution < -0.4 is 5.32 Å². The first kappa shape index (κ1) is 15.8. The molecule has 98 valence electrons. The fraction of sp³-hybridized carbons (Fsp3) is 0.643. The fourth-order valence-electron chi connectivity index (χ4n) is 1.46. The molecule has 0 unspecified atom stereocenters. The van der Waals surface area contributed by atoms with E-state index in [1.165, 1.54) is 0 Å². The van der Waals surface area contributed by atoms with E-state index >= 15 is 0 Å². The smallest absolute Gasteiger partial charge is 0.193 e. The summed E-state index contributed by atoms with van der Waals surface area (Å²) in [6, 6.07) is 0. The van der Waals surface area contributed by atoms with Crippen LogP contribution in [0.3, 0.4) is 0 Å². The number of nitrogens with zero attached hydrogens (tertiary/aromatic N) is 2. The zero-order chi connectivity index (χ0) is 12.9. The van der Waals surface area contributed by atoms with Crippen LogP contribution in [0.15, 0.2) is 29.8 Å². The molecule has 0 heterocycles. The minimum Gasteiger partial charge on any atom is -0.357 e. The van der Waals surface area contributed by atoms with Gasteiger partial charge in [0.1, 0.15) is 0 Å². The quantitative estimate of drug-likeness (QED) is 0.304. The summed E-state index contributed by atoms with van der Waals surface area (Å²) in [4.78, 5) is 6.77. The van der Waals surface area contributed by atoms with Gasteiger partial charge in [0.15, 0.2) is 5.96 Å². The zero-order valence-electron chi connectivity index (χ0n) is 11.6. The number of hydrogen-bond donors (Lipinski definition) is 1. The minimum atomic E-state index is 0.846. The zero-order valence-corrected chi connectivity index (χ0v) is 11.6. The summed E-state index contributed by atoms with van der Waals surface area (Å²) in [5, 5.41) is 3.31. The Morgan fingerprint density at radius 3 is 2.76 bits per heavy atom. The first-order chi connectivity index (χ1) is 8.26. The molecule has 0 saturated heterocycles. The molecule has 0 bridgehead atoms. The topological polar surface area (TPSA) is 27.6 Å². The van der Waals surface area contributed by atoms with E-state index in [1.54, 1.807) is 0 Å². The molecule has 3 nitrogen and oxygen atoms in total. The maximum atomic E-state index is 4.58. The highest BCUT2D eigenvalue weighted by atomic mass is 15.3. The van der Waals surface area contributed by atoms with Crippen molar-refractivity contribution in [3.05, 3.63) is 24.8 Å². The van der Waals surface area contributed by atoms with Gasteiger partial charge in [0.2, 0.25) is 0 Å². The molecule has 0 saturated carbocycles. The van der Waals surface area contributed by atoms with E-state index in [1.807, 2.05) is 13.0 Å². The number of hydrogen-bond acceptors (Lipinski definition) is 1. The van der Waals surface area contributed by atoms with E-state index in [4.69, 9.17) is 0 Å². The molecular weight excluding hydrogens is 210 g/mol. The van der Waals surface area contributed by atoms with Crippen molar-refractivity contribution in [1.82, 2.24) is 10.2 Å². The van der Waals surface area contributed by atoms with Crippen molar-refractivity contribution in [1.29, 1.82) is 0 Å². The van der Waals surface area contributed by atoms with E-state index in [0.717, 1.165) is 44.9 Å². The number of aliphatic imine (C=N–C) groups is 1. The molecule has 1 N–H and O–H groups in total. The number of unbranched alkanes of at least 4 members (excludes halogenated alkanes) is 1. The van der Waals surface area contributed by atoms with Crippen molar-refractivity contribution in [3.8, 4) is 0 Å². The average molecular weight is 237 g/mol. The van der Waals surface area contributed by atoms with Crippen LogP contribution in [0.4, 0.5) is 0 Å². The highest BCUT2D eigenvalue weighted by Crippen LogP contribution is 1.95. The third kappa shape index (κ3) is 8.55. The summed E-state index contributed by atoms with van der Waals surface area (Å²) >= 11 is 0. The van der Waals surface area contributed by atoms with Crippen molar-refractivity contribution in [2.45, 2.75) is 33.1 Å². The molecule has 0 radical (unpaired) electrons. The highest BCUT2D eigenvalue weighted by molar-refractivity contribution is 5.79.